The van der Waals surface area contributed by atoms with E-state index < -0.39 is 0 Å². The van der Waals surface area contributed by atoms with Gasteiger partial charge in [-0.25, -0.2) is 4.98 Å². The van der Waals surface area contributed by atoms with Crippen molar-refractivity contribution < 1.29 is 4.42 Å². The highest BCUT2D eigenvalue weighted by molar-refractivity contribution is 5.73. The quantitative estimate of drug-likeness (QED) is 0.786. The average molecular weight is 266 g/mol. The molecule has 0 saturated heterocycles. The minimum Gasteiger partial charge on any atom is -0.441 e. The molecule has 0 aliphatic rings. The number of rotatable bonds is 4. The fourth-order valence-corrected chi connectivity index (χ4v) is 2.41. The number of aromatic nitrogens is 1. The van der Waals surface area contributed by atoms with Crippen LogP contribution in [0.25, 0.3) is 11.1 Å². The Hall–Kier alpha value is -2.13. The molecular weight excluding hydrogens is 248 g/mol. The Balaban J connectivity index is 1.81. The molecule has 2 aromatic carbocycles. The lowest BCUT2D eigenvalue weighted by Crippen LogP contribution is -2.04. The van der Waals surface area contributed by atoms with Gasteiger partial charge in [-0.15, -0.1) is 0 Å². The van der Waals surface area contributed by atoms with Gasteiger partial charge in [0.05, 0.1) is 0 Å². The van der Waals surface area contributed by atoms with E-state index in [0.717, 1.165) is 24.1 Å². The van der Waals surface area contributed by atoms with E-state index in [4.69, 9.17) is 4.42 Å². The number of oxazole rings is 1. The lowest BCUT2D eigenvalue weighted by atomic mass is 10.0. The summed E-state index contributed by atoms with van der Waals surface area (Å²) in [7, 11) is 1.96. The Labute approximate surface area is 118 Å². The van der Waals surface area contributed by atoms with Gasteiger partial charge in [0, 0.05) is 13.5 Å². The maximum atomic E-state index is 5.58. The Bertz CT molecular complexity index is 713. The van der Waals surface area contributed by atoms with Crippen molar-refractivity contribution in [2.24, 2.45) is 0 Å². The molecule has 0 spiro atoms. The van der Waals surface area contributed by atoms with Crippen LogP contribution in [0.1, 0.15) is 22.6 Å². The zero-order valence-electron chi connectivity index (χ0n) is 11.8. The van der Waals surface area contributed by atoms with Gasteiger partial charge in [0.25, 0.3) is 0 Å². The van der Waals surface area contributed by atoms with Crippen LogP contribution in [0.4, 0.5) is 0 Å². The third-order valence-corrected chi connectivity index (χ3v) is 3.37. The first-order valence-corrected chi connectivity index (χ1v) is 6.83. The number of benzene rings is 2. The molecule has 3 heteroatoms. The molecule has 0 radical (unpaired) electrons. The molecule has 0 unspecified atom stereocenters. The minimum absolute atomic E-state index is 0.716. The lowest BCUT2D eigenvalue weighted by Gasteiger charge is -2.04. The molecule has 0 atom stereocenters. The van der Waals surface area contributed by atoms with Crippen LogP contribution in [0, 0.1) is 6.92 Å². The number of hydrogen-bond acceptors (Lipinski definition) is 3. The molecule has 102 valence electrons. The first-order valence-electron chi connectivity index (χ1n) is 6.83. The van der Waals surface area contributed by atoms with Gasteiger partial charge in [-0.2, -0.15) is 0 Å². The molecule has 0 saturated carbocycles. The van der Waals surface area contributed by atoms with Gasteiger partial charge < -0.3 is 9.73 Å². The van der Waals surface area contributed by atoms with Crippen LogP contribution in [0.15, 0.2) is 46.9 Å². The van der Waals surface area contributed by atoms with Gasteiger partial charge >= 0.3 is 0 Å². The standard InChI is InChI=1S/C17H18N2O/c1-12-19-16-8-7-15(10-17(16)20-12)9-13-3-5-14(6-4-13)11-18-2/h3-8,10,18H,9,11H2,1-2H3. The zero-order valence-corrected chi connectivity index (χ0v) is 11.8. The Morgan fingerprint density at radius 1 is 1.00 bits per heavy atom. The molecular formula is C17H18N2O. The summed E-state index contributed by atoms with van der Waals surface area (Å²) in [6.45, 7) is 2.78. The second-order valence-electron chi connectivity index (χ2n) is 5.06. The highest BCUT2D eigenvalue weighted by atomic mass is 16.3. The third-order valence-electron chi connectivity index (χ3n) is 3.37. The molecule has 1 aromatic heterocycles. The van der Waals surface area contributed by atoms with Gasteiger partial charge in [-0.1, -0.05) is 30.3 Å². The van der Waals surface area contributed by atoms with Crippen LogP contribution in [-0.4, -0.2) is 12.0 Å². The predicted octanol–water partition coefficient (Wildman–Crippen LogP) is 3.45. The Morgan fingerprint density at radius 2 is 1.70 bits per heavy atom. The highest BCUT2D eigenvalue weighted by Crippen LogP contribution is 2.19. The molecule has 1 heterocycles. The first-order chi connectivity index (χ1) is 9.74. The van der Waals surface area contributed by atoms with E-state index in [1.165, 1.54) is 16.7 Å². The first kappa shape index (κ1) is 12.9. The monoisotopic (exact) mass is 266 g/mol. The van der Waals surface area contributed by atoms with Gasteiger partial charge in [0.1, 0.15) is 5.52 Å². The van der Waals surface area contributed by atoms with E-state index >= 15 is 0 Å². The van der Waals surface area contributed by atoms with Crippen LogP contribution < -0.4 is 5.32 Å². The van der Waals surface area contributed by atoms with Crippen molar-refractivity contribution in [2.75, 3.05) is 7.05 Å². The molecule has 1 N–H and O–H groups in total. The van der Waals surface area contributed by atoms with Crippen LogP contribution >= 0.6 is 0 Å². The van der Waals surface area contributed by atoms with Crippen LogP contribution in [-0.2, 0) is 13.0 Å². The Morgan fingerprint density at radius 3 is 2.45 bits per heavy atom. The molecule has 0 amide bonds. The molecule has 0 aliphatic heterocycles. The molecule has 0 fully saturated rings. The summed E-state index contributed by atoms with van der Waals surface area (Å²) in [6, 6.07) is 14.9. The van der Waals surface area contributed by atoms with Crippen molar-refractivity contribution in [3.05, 3.63) is 65.0 Å². The van der Waals surface area contributed by atoms with E-state index in [2.05, 4.69) is 46.7 Å². The fraction of sp³-hybridized carbons (Fsp3) is 0.235. The maximum Gasteiger partial charge on any atom is 0.192 e. The number of nitrogens with zero attached hydrogens (tertiary/aromatic N) is 1. The summed E-state index contributed by atoms with van der Waals surface area (Å²) in [5.41, 5.74) is 5.65. The van der Waals surface area contributed by atoms with E-state index in [-0.39, 0.29) is 0 Å². The summed E-state index contributed by atoms with van der Waals surface area (Å²) >= 11 is 0. The molecule has 0 aliphatic carbocycles. The third kappa shape index (κ3) is 2.73. The smallest absolute Gasteiger partial charge is 0.192 e. The molecule has 20 heavy (non-hydrogen) atoms. The van der Waals surface area contributed by atoms with E-state index in [1.807, 2.05) is 20.0 Å². The summed E-state index contributed by atoms with van der Waals surface area (Å²) in [5, 5.41) is 3.16. The molecule has 3 rings (SSSR count). The van der Waals surface area contributed by atoms with Crippen molar-refractivity contribution in [1.29, 1.82) is 0 Å². The van der Waals surface area contributed by atoms with Crippen LogP contribution in [0.2, 0.25) is 0 Å². The zero-order chi connectivity index (χ0) is 13.9. The summed E-state index contributed by atoms with van der Waals surface area (Å²) < 4.78 is 5.58. The van der Waals surface area contributed by atoms with Gasteiger partial charge in [-0.05, 0) is 42.3 Å². The number of hydrogen-bond donors (Lipinski definition) is 1. The van der Waals surface area contributed by atoms with Crippen molar-refractivity contribution in [2.45, 2.75) is 19.9 Å². The minimum atomic E-state index is 0.716. The van der Waals surface area contributed by atoms with Gasteiger partial charge in [0.2, 0.25) is 0 Å². The average Bonchev–Trinajstić information content (AvgIpc) is 2.81. The predicted molar refractivity (Wildman–Crippen MR) is 80.8 cm³/mol. The number of nitrogens with one attached hydrogen (secondary N) is 1. The van der Waals surface area contributed by atoms with E-state index in [0.29, 0.717) is 5.89 Å². The summed E-state index contributed by atoms with van der Waals surface area (Å²) in [4.78, 5) is 4.32. The largest absolute Gasteiger partial charge is 0.441 e. The normalized spacial score (nSPS) is 11.1. The van der Waals surface area contributed by atoms with E-state index in [1.54, 1.807) is 0 Å². The summed E-state index contributed by atoms with van der Waals surface area (Å²) in [6.07, 6.45) is 0.912. The molecule has 0 bridgehead atoms. The highest BCUT2D eigenvalue weighted by Gasteiger charge is 2.04. The van der Waals surface area contributed by atoms with Gasteiger partial charge in [-0.3, -0.25) is 0 Å². The topological polar surface area (TPSA) is 38.1 Å². The maximum absolute atomic E-state index is 5.58. The second kappa shape index (κ2) is 5.47. The molecule has 3 aromatic rings. The van der Waals surface area contributed by atoms with E-state index in [9.17, 15) is 0 Å². The van der Waals surface area contributed by atoms with Crippen LogP contribution in [0.3, 0.4) is 0 Å². The lowest BCUT2D eigenvalue weighted by molar-refractivity contribution is 0.561. The van der Waals surface area contributed by atoms with Gasteiger partial charge in [0.15, 0.2) is 11.5 Å². The fourth-order valence-electron chi connectivity index (χ4n) is 2.41. The van der Waals surface area contributed by atoms with Crippen molar-refractivity contribution >= 4 is 11.1 Å². The summed E-state index contributed by atoms with van der Waals surface area (Å²) in [5.74, 6) is 0.716. The molecule has 3 nitrogen and oxygen atoms in total. The second-order valence-corrected chi connectivity index (χ2v) is 5.06. The number of fused-ring (bicyclic) bond motifs is 1. The Kier molecular flexibility index (Phi) is 3.52. The van der Waals surface area contributed by atoms with Crippen LogP contribution in [0.5, 0.6) is 0 Å². The van der Waals surface area contributed by atoms with Crippen molar-refractivity contribution in [1.82, 2.24) is 10.3 Å². The van der Waals surface area contributed by atoms with Crippen molar-refractivity contribution in [3.63, 3.8) is 0 Å². The number of aryl methyl sites for hydroxylation is 1. The SMILES string of the molecule is CNCc1ccc(Cc2ccc3nc(C)oc3c2)cc1. The van der Waals surface area contributed by atoms with Crippen molar-refractivity contribution in [3.8, 4) is 0 Å².